The van der Waals surface area contributed by atoms with E-state index in [-0.39, 0.29) is 23.8 Å². The highest BCUT2D eigenvalue weighted by molar-refractivity contribution is 7.18. The number of hydrogen-bond acceptors (Lipinski definition) is 5. The molecule has 0 bridgehead atoms. The number of nitrogens with zero attached hydrogens (tertiary/aromatic N) is 1. The highest BCUT2D eigenvalue weighted by atomic mass is 35.5. The molecule has 0 saturated carbocycles. The normalized spacial score (nSPS) is 10.9. The predicted molar refractivity (Wildman–Crippen MR) is 123 cm³/mol. The number of carbonyl (C=O) groups excluding carboxylic acids is 2. The number of amides is 2. The summed E-state index contributed by atoms with van der Waals surface area (Å²) in [6, 6.07) is 13.3. The van der Waals surface area contributed by atoms with E-state index >= 15 is 0 Å². The summed E-state index contributed by atoms with van der Waals surface area (Å²) in [4.78, 5) is 29.1. The predicted octanol–water partition coefficient (Wildman–Crippen LogP) is 6.12. The molecule has 0 atom stereocenters. The molecule has 33 heavy (non-hydrogen) atoms. The van der Waals surface area contributed by atoms with E-state index in [1.54, 1.807) is 30.3 Å². The first kappa shape index (κ1) is 23.1. The topological polar surface area (TPSA) is 68.3 Å². The number of imide groups is 1. The van der Waals surface area contributed by atoms with E-state index < -0.39 is 29.0 Å². The van der Waals surface area contributed by atoms with Crippen LogP contribution in [0, 0.1) is 11.6 Å². The van der Waals surface area contributed by atoms with Gasteiger partial charge in [0, 0.05) is 16.5 Å². The Balaban J connectivity index is 1.50. The Labute approximate surface area is 200 Å². The molecule has 1 heterocycles. The van der Waals surface area contributed by atoms with Gasteiger partial charge in [-0.05, 0) is 48.0 Å². The zero-order chi connectivity index (χ0) is 23.5. The van der Waals surface area contributed by atoms with Crippen LogP contribution < -0.4 is 10.1 Å². The lowest BCUT2D eigenvalue weighted by atomic mass is 10.1. The number of fused-ring (bicyclic) bond motifs is 1. The van der Waals surface area contributed by atoms with Gasteiger partial charge in [0.15, 0.2) is 11.6 Å². The van der Waals surface area contributed by atoms with Gasteiger partial charge < -0.3 is 4.74 Å². The van der Waals surface area contributed by atoms with E-state index in [4.69, 9.17) is 27.9 Å². The van der Waals surface area contributed by atoms with Crippen molar-refractivity contribution in [3.63, 3.8) is 0 Å². The molecule has 0 aliphatic carbocycles. The summed E-state index contributed by atoms with van der Waals surface area (Å²) in [7, 11) is 0. The first-order valence-electron chi connectivity index (χ1n) is 9.52. The second-order valence-electron chi connectivity index (χ2n) is 6.86. The molecule has 3 aromatic carbocycles. The van der Waals surface area contributed by atoms with Gasteiger partial charge in [-0.1, -0.05) is 23.7 Å². The minimum absolute atomic E-state index is 0.105. The van der Waals surface area contributed by atoms with E-state index in [2.05, 4.69) is 4.98 Å². The summed E-state index contributed by atoms with van der Waals surface area (Å²) in [5.74, 6) is -4.47. The number of thiazole rings is 1. The molecule has 5 nitrogen and oxygen atoms in total. The number of aromatic nitrogens is 1. The van der Waals surface area contributed by atoms with Crippen LogP contribution in [0.15, 0.2) is 54.6 Å². The van der Waals surface area contributed by atoms with Crippen LogP contribution in [0.4, 0.5) is 8.78 Å². The van der Waals surface area contributed by atoms with Crippen LogP contribution in [0.25, 0.3) is 10.2 Å². The molecule has 2 amide bonds. The van der Waals surface area contributed by atoms with Crippen molar-refractivity contribution < 1.29 is 23.1 Å². The highest BCUT2D eigenvalue weighted by Crippen LogP contribution is 2.28. The van der Waals surface area contributed by atoms with Crippen LogP contribution in [0.2, 0.25) is 5.02 Å². The third-order valence-corrected chi connectivity index (χ3v) is 6.18. The molecule has 0 fully saturated rings. The fourth-order valence-corrected chi connectivity index (χ4v) is 4.19. The summed E-state index contributed by atoms with van der Waals surface area (Å²) in [5, 5.41) is 3.06. The Kier molecular flexibility index (Phi) is 6.88. The number of alkyl halides is 1. The lowest BCUT2D eigenvalue weighted by molar-refractivity contribution is 0.0844. The number of benzene rings is 3. The summed E-state index contributed by atoms with van der Waals surface area (Å²) < 4.78 is 35.5. The van der Waals surface area contributed by atoms with Crippen LogP contribution >= 0.6 is 34.5 Å². The van der Waals surface area contributed by atoms with E-state index in [1.807, 2.05) is 5.32 Å². The number of hydrogen-bond donors (Lipinski definition) is 1. The number of rotatable bonds is 6. The molecule has 0 radical (unpaired) electrons. The monoisotopic (exact) mass is 506 g/mol. The molecule has 1 N–H and O–H groups in total. The van der Waals surface area contributed by atoms with Crippen LogP contribution in [-0.4, -0.2) is 16.8 Å². The third kappa shape index (κ3) is 5.13. The average molecular weight is 507 g/mol. The molecule has 1 aromatic heterocycles. The van der Waals surface area contributed by atoms with E-state index in [0.29, 0.717) is 15.5 Å². The van der Waals surface area contributed by atoms with Gasteiger partial charge in [0.2, 0.25) is 0 Å². The highest BCUT2D eigenvalue weighted by Gasteiger charge is 2.24. The van der Waals surface area contributed by atoms with E-state index in [9.17, 15) is 18.4 Å². The summed E-state index contributed by atoms with van der Waals surface area (Å²) in [6.07, 6.45) is 0. The van der Waals surface area contributed by atoms with Crippen molar-refractivity contribution in [1.82, 2.24) is 10.3 Å². The number of nitrogens with one attached hydrogen (secondary N) is 1. The quantitative estimate of drug-likeness (QED) is 0.252. The van der Waals surface area contributed by atoms with Crippen molar-refractivity contribution in [2.75, 3.05) is 0 Å². The van der Waals surface area contributed by atoms with Crippen molar-refractivity contribution >= 4 is 56.6 Å². The SMILES string of the molecule is O=C(NC(=O)c1c(F)ccc(OCc2nc3cc(Cl)ccc3s2)c1F)c1ccc(CCl)cc1. The van der Waals surface area contributed by atoms with Gasteiger partial charge in [-0.3, -0.25) is 14.9 Å². The van der Waals surface area contributed by atoms with Crippen LogP contribution in [0.1, 0.15) is 31.3 Å². The molecule has 0 unspecified atom stereocenters. The lowest BCUT2D eigenvalue weighted by Crippen LogP contribution is -2.32. The molecule has 4 rings (SSSR count). The Hall–Kier alpha value is -3.07. The van der Waals surface area contributed by atoms with Crippen molar-refractivity contribution in [1.29, 1.82) is 0 Å². The molecule has 10 heteroatoms. The molecular formula is C23H14Cl2F2N2O3S. The molecular weight excluding hydrogens is 493 g/mol. The van der Waals surface area contributed by atoms with Gasteiger partial charge in [-0.2, -0.15) is 0 Å². The largest absolute Gasteiger partial charge is 0.483 e. The third-order valence-electron chi connectivity index (χ3n) is 4.63. The van der Waals surface area contributed by atoms with Crippen LogP contribution in [0.3, 0.4) is 0 Å². The van der Waals surface area contributed by atoms with Crippen molar-refractivity contribution in [3.05, 3.63) is 93.0 Å². The molecule has 0 saturated heterocycles. The molecule has 168 valence electrons. The smallest absolute Gasteiger partial charge is 0.264 e. The van der Waals surface area contributed by atoms with Crippen molar-refractivity contribution in [2.45, 2.75) is 12.5 Å². The Morgan fingerprint density at radius 3 is 2.52 bits per heavy atom. The maximum atomic E-state index is 14.9. The lowest BCUT2D eigenvalue weighted by Gasteiger charge is -2.10. The van der Waals surface area contributed by atoms with Gasteiger partial charge in [-0.25, -0.2) is 13.8 Å². The zero-order valence-electron chi connectivity index (χ0n) is 16.7. The second-order valence-corrected chi connectivity index (χ2v) is 8.68. The van der Waals surface area contributed by atoms with Gasteiger partial charge >= 0.3 is 0 Å². The number of carbonyl (C=O) groups is 2. The molecule has 0 aliphatic rings. The van der Waals surface area contributed by atoms with Crippen molar-refractivity contribution in [3.8, 4) is 5.75 Å². The number of halogens is 4. The average Bonchev–Trinajstić information content (AvgIpc) is 3.20. The van der Waals surface area contributed by atoms with Gasteiger partial charge in [0.25, 0.3) is 11.8 Å². The second kappa shape index (κ2) is 9.82. The van der Waals surface area contributed by atoms with Gasteiger partial charge in [0.1, 0.15) is 23.0 Å². The standard InChI is InChI=1S/C23H14Cl2F2N2O3S/c24-10-12-1-3-13(4-2-12)22(30)29-23(31)20-15(26)6-7-17(21(20)27)32-11-19-28-16-9-14(25)5-8-18(16)33-19/h1-9H,10-11H2,(H,29,30,31). The Morgan fingerprint density at radius 1 is 1.03 bits per heavy atom. The fraction of sp³-hybridized carbons (Fsp3) is 0.0870. The summed E-state index contributed by atoms with van der Waals surface area (Å²) in [5.41, 5.74) is 0.664. The zero-order valence-corrected chi connectivity index (χ0v) is 19.0. The van der Waals surface area contributed by atoms with Crippen molar-refractivity contribution in [2.24, 2.45) is 0 Å². The van der Waals surface area contributed by atoms with E-state index in [1.165, 1.54) is 23.5 Å². The molecule has 0 spiro atoms. The maximum Gasteiger partial charge on any atom is 0.264 e. The maximum absolute atomic E-state index is 14.9. The first-order valence-corrected chi connectivity index (χ1v) is 11.2. The molecule has 0 aliphatic heterocycles. The summed E-state index contributed by atoms with van der Waals surface area (Å²) >= 11 is 13.0. The van der Waals surface area contributed by atoms with Gasteiger partial charge in [0.05, 0.1) is 10.2 Å². The molecule has 4 aromatic rings. The summed E-state index contributed by atoms with van der Waals surface area (Å²) in [6.45, 7) is -0.105. The minimum Gasteiger partial charge on any atom is -0.483 e. The van der Waals surface area contributed by atoms with E-state index in [0.717, 1.165) is 22.4 Å². The fourth-order valence-electron chi connectivity index (χ4n) is 2.99. The Morgan fingerprint density at radius 2 is 1.79 bits per heavy atom. The number of ether oxygens (including phenoxy) is 1. The van der Waals surface area contributed by atoms with Crippen LogP contribution in [-0.2, 0) is 12.5 Å². The van der Waals surface area contributed by atoms with Crippen LogP contribution in [0.5, 0.6) is 5.75 Å². The first-order chi connectivity index (χ1) is 15.9. The van der Waals surface area contributed by atoms with Gasteiger partial charge in [-0.15, -0.1) is 22.9 Å². The Bertz CT molecular complexity index is 1360. The minimum atomic E-state index is -1.23.